The molecule has 192 valence electrons. The van der Waals surface area contributed by atoms with Crippen molar-refractivity contribution >= 4 is 10.8 Å². The van der Waals surface area contributed by atoms with Gasteiger partial charge in [0.1, 0.15) is 17.0 Å². The van der Waals surface area contributed by atoms with Gasteiger partial charge in [-0.05, 0) is 40.3 Å². The van der Waals surface area contributed by atoms with Gasteiger partial charge in [-0.3, -0.25) is 0 Å². The van der Waals surface area contributed by atoms with E-state index < -0.39 is 5.54 Å². The minimum atomic E-state index is -0.584. The van der Waals surface area contributed by atoms with E-state index in [0.717, 1.165) is 33.5 Å². The Bertz CT molecular complexity index is 1600. The average Bonchev–Trinajstić information content (AvgIpc) is 3.47. The Morgan fingerprint density at radius 3 is 1.79 bits per heavy atom. The van der Waals surface area contributed by atoms with Crippen LogP contribution in [0.5, 0.6) is 11.5 Å². The molecule has 0 N–H and O–H groups in total. The molecule has 4 nitrogen and oxygen atoms in total. The summed E-state index contributed by atoms with van der Waals surface area (Å²) in [6, 6.07) is 42.3. The molecule has 0 fully saturated rings. The van der Waals surface area contributed by atoms with Crippen LogP contribution < -0.4 is 9.47 Å². The van der Waals surface area contributed by atoms with Gasteiger partial charge >= 0.3 is 0 Å². The molecule has 6 aromatic rings. The van der Waals surface area contributed by atoms with Crippen LogP contribution in [-0.2, 0) is 12.0 Å². The van der Waals surface area contributed by atoms with Crippen molar-refractivity contribution in [3.05, 3.63) is 162 Å². The van der Waals surface area contributed by atoms with Gasteiger partial charge in [-0.2, -0.15) is 0 Å². The molecule has 1 heterocycles. The van der Waals surface area contributed by atoms with Crippen LogP contribution in [0.3, 0.4) is 0 Å². The maximum Gasteiger partial charge on any atom is 0.130 e. The molecule has 0 bridgehead atoms. The second-order valence-corrected chi connectivity index (χ2v) is 9.60. The van der Waals surface area contributed by atoms with E-state index in [1.165, 1.54) is 16.7 Å². The van der Waals surface area contributed by atoms with Crippen molar-refractivity contribution in [2.24, 2.45) is 0 Å². The van der Waals surface area contributed by atoms with Gasteiger partial charge in [-0.25, -0.2) is 4.98 Å². The third-order valence-electron chi connectivity index (χ3n) is 7.43. The number of nitrogens with zero attached hydrogens (tertiary/aromatic N) is 2. The molecule has 6 rings (SSSR count). The number of hydrogen-bond acceptors (Lipinski definition) is 3. The predicted molar refractivity (Wildman–Crippen MR) is 157 cm³/mol. The van der Waals surface area contributed by atoms with Crippen molar-refractivity contribution in [1.82, 2.24) is 9.55 Å². The summed E-state index contributed by atoms with van der Waals surface area (Å²) in [5.74, 6) is 1.69. The molecular weight excluding hydrogens is 480 g/mol. The number of rotatable bonds is 8. The summed E-state index contributed by atoms with van der Waals surface area (Å²) in [7, 11) is 3.41. The first-order chi connectivity index (χ1) is 19.2. The molecule has 0 aliphatic rings. The van der Waals surface area contributed by atoms with E-state index in [1.54, 1.807) is 14.2 Å². The van der Waals surface area contributed by atoms with Crippen molar-refractivity contribution in [2.45, 2.75) is 12.0 Å². The zero-order chi connectivity index (χ0) is 26.7. The maximum atomic E-state index is 5.91. The lowest BCUT2D eigenvalue weighted by atomic mass is 9.77. The van der Waals surface area contributed by atoms with E-state index in [-0.39, 0.29) is 0 Å². The minimum absolute atomic E-state index is 0.584. The molecule has 0 aliphatic carbocycles. The molecule has 0 saturated heterocycles. The van der Waals surface area contributed by atoms with E-state index in [4.69, 9.17) is 14.5 Å². The number of ether oxygens (including phenoxy) is 2. The molecule has 39 heavy (non-hydrogen) atoms. The van der Waals surface area contributed by atoms with Crippen molar-refractivity contribution in [3.63, 3.8) is 0 Å². The second kappa shape index (κ2) is 10.5. The van der Waals surface area contributed by atoms with Crippen molar-refractivity contribution < 1.29 is 9.47 Å². The summed E-state index contributed by atoms with van der Waals surface area (Å²) >= 11 is 0. The molecule has 0 unspecified atom stereocenters. The third-order valence-corrected chi connectivity index (χ3v) is 7.43. The Morgan fingerprint density at radius 2 is 1.26 bits per heavy atom. The zero-order valence-corrected chi connectivity index (χ0v) is 22.1. The molecular formula is C35H30N2O2. The summed E-state index contributed by atoms with van der Waals surface area (Å²) in [4.78, 5) is 4.92. The van der Waals surface area contributed by atoms with Crippen molar-refractivity contribution in [2.75, 3.05) is 14.2 Å². The Morgan fingerprint density at radius 1 is 0.667 bits per heavy atom. The van der Waals surface area contributed by atoms with Gasteiger partial charge in [0, 0.05) is 23.6 Å². The van der Waals surface area contributed by atoms with Gasteiger partial charge in [-0.15, -0.1) is 0 Å². The van der Waals surface area contributed by atoms with Crippen LogP contribution >= 0.6 is 0 Å². The first kappa shape index (κ1) is 24.5. The smallest absolute Gasteiger partial charge is 0.130 e. The fraction of sp³-hybridized carbons (Fsp3) is 0.114. The van der Waals surface area contributed by atoms with Crippen LogP contribution in [0.15, 0.2) is 134 Å². The standard InChI is InChI=1S/C35H30N2O2/c1-38-32-20-21-33-26(23-32)18-19-27(34(33)39-2)22-31-24-37(25-36-31)35(28-12-6-3-7-13-28,29-14-8-4-9-15-29)30-16-10-5-11-17-30/h3-21,23-25H,22H2,1-2H3. The first-order valence-corrected chi connectivity index (χ1v) is 13.1. The Labute approximate surface area is 229 Å². The Hall–Kier alpha value is -4.83. The van der Waals surface area contributed by atoms with Gasteiger partial charge < -0.3 is 14.0 Å². The molecule has 0 aliphatic heterocycles. The SMILES string of the molecule is COc1ccc2c(OC)c(Cc3cn(C(c4ccccc4)(c4ccccc4)c4ccccc4)cn3)ccc2c1. The summed E-state index contributed by atoms with van der Waals surface area (Å²) in [5, 5.41) is 2.14. The number of imidazole rings is 1. The largest absolute Gasteiger partial charge is 0.497 e. The highest BCUT2D eigenvalue weighted by Gasteiger charge is 2.38. The number of hydrogen-bond donors (Lipinski definition) is 0. The lowest BCUT2D eigenvalue weighted by molar-refractivity contribution is 0.413. The molecule has 1 aromatic heterocycles. The van der Waals surface area contributed by atoms with Crippen LogP contribution in [0.2, 0.25) is 0 Å². The van der Waals surface area contributed by atoms with E-state index in [9.17, 15) is 0 Å². The van der Waals surface area contributed by atoms with Gasteiger partial charge in [0.25, 0.3) is 0 Å². The number of benzene rings is 5. The lowest BCUT2D eigenvalue weighted by Crippen LogP contribution is -2.36. The van der Waals surface area contributed by atoms with E-state index in [1.807, 2.05) is 18.5 Å². The first-order valence-electron chi connectivity index (χ1n) is 13.1. The Kier molecular flexibility index (Phi) is 6.60. The molecule has 0 radical (unpaired) electrons. The number of fused-ring (bicyclic) bond motifs is 1. The summed E-state index contributed by atoms with van der Waals surface area (Å²) in [6.07, 6.45) is 4.78. The molecule has 0 saturated carbocycles. The molecule has 4 heteroatoms. The summed E-state index contributed by atoms with van der Waals surface area (Å²) < 4.78 is 13.6. The van der Waals surface area contributed by atoms with E-state index >= 15 is 0 Å². The van der Waals surface area contributed by atoms with E-state index in [0.29, 0.717) is 6.42 Å². The lowest BCUT2D eigenvalue weighted by Gasteiger charge is -2.37. The third kappa shape index (κ3) is 4.34. The van der Waals surface area contributed by atoms with Gasteiger partial charge in [0.05, 0.1) is 26.2 Å². The molecule has 0 spiro atoms. The average molecular weight is 511 g/mol. The van der Waals surface area contributed by atoms with Gasteiger partial charge in [0.15, 0.2) is 0 Å². The summed E-state index contributed by atoms with van der Waals surface area (Å²) in [5.41, 5.74) is 4.98. The highest BCUT2D eigenvalue weighted by atomic mass is 16.5. The number of aromatic nitrogens is 2. The van der Waals surface area contributed by atoms with Crippen LogP contribution in [0.25, 0.3) is 10.8 Å². The molecule has 0 amide bonds. The fourth-order valence-electron chi connectivity index (χ4n) is 5.65. The fourth-order valence-corrected chi connectivity index (χ4v) is 5.65. The quantitative estimate of drug-likeness (QED) is 0.199. The Balaban J connectivity index is 1.49. The van der Waals surface area contributed by atoms with Crippen LogP contribution in [-0.4, -0.2) is 23.8 Å². The molecule has 0 atom stereocenters. The van der Waals surface area contributed by atoms with E-state index in [2.05, 4.69) is 120 Å². The predicted octanol–water partition coefficient (Wildman–Crippen LogP) is 7.48. The van der Waals surface area contributed by atoms with Crippen molar-refractivity contribution in [3.8, 4) is 11.5 Å². The topological polar surface area (TPSA) is 36.3 Å². The number of methoxy groups -OCH3 is 2. The van der Waals surface area contributed by atoms with Crippen LogP contribution in [0.4, 0.5) is 0 Å². The molecule has 5 aromatic carbocycles. The maximum absolute atomic E-state index is 5.91. The van der Waals surface area contributed by atoms with Crippen LogP contribution in [0, 0.1) is 0 Å². The monoisotopic (exact) mass is 510 g/mol. The van der Waals surface area contributed by atoms with Gasteiger partial charge in [-0.1, -0.05) is 103 Å². The second-order valence-electron chi connectivity index (χ2n) is 9.60. The van der Waals surface area contributed by atoms with Crippen molar-refractivity contribution in [1.29, 1.82) is 0 Å². The minimum Gasteiger partial charge on any atom is -0.497 e. The highest BCUT2D eigenvalue weighted by molar-refractivity contribution is 5.90. The zero-order valence-electron chi connectivity index (χ0n) is 22.1. The highest BCUT2D eigenvalue weighted by Crippen LogP contribution is 2.41. The summed E-state index contributed by atoms with van der Waals surface area (Å²) in [6.45, 7) is 0. The van der Waals surface area contributed by atoms with Gasteiger partial charge in [0.2, 0.25) is 0 Å². The normalized spacial score (nSPS) is 11.4. The van der Waals surface area contributed by atoms with Crippen LogP contribution in [0.1, 0.15) is 27.9 Å².